The third-order valence-electron chi connectivity index (χ3n) is 8.21. The van der Waals surface area contributed by atoms with Crippen molar-refractivity contribution in [2.24, 2.45) is 5.92 Å². The lowest BCUT2D eigenvalue weighted by Gasteiger charge is -2.34. The minimum atomic E-state index is -0.815. The van der Waals surface area contributed by atoms with Crippen molar-refractivity contribution in [3.8, 4) is 5.75 Å². The molecule has 43 heavy (non-hydrogen) atoms. The number of piperazine rings is 1. The van der Waals surface area contributed by atoms with Gasteiger partial charge in [-0.2, -0.15) is 0 Å². The summed E-state index contributed by atoms with van der Waals surface area (Å²) in [4.78, 5) is 48.7. The summed E-state index contributed by atoms with van der Waals surface area (Å²) in [6.07, 6.45) is 3.78. The summed E-state index contributed by atoms with van der Waals surface area (Å²) in [6, 6.07) is 5.31. The zero-order valence-electron chi connectivity index (χ0n) is 24.6. The van der Waals surface area contributed by atoms with Crippen LogP contribution in [-0.2, 0) is 14.3 Å². The number of alkyl halides is 1. The summed E-state index contributed by atoms with van der Waals surface area (Å²) in [7, 11) is 4.90. The molecule has 0 radical (unpaired) electrons. The number of aromatic nitrogens is 1. The van der Waals surface area contributed by atoms with Crippen molar-refractivity contribution in [2.45, 2.75) is 18.9 Å². The van der Waals surface area contributed by atoms with Crippen LogP contribution in [0.5, 0.6) is 5.75 Å². The van der Waals surface area contributed by atoms with Gasteiger partial charge >= 0.3 is 12.1 Å². The predicted octanol–water partition coefficient (Wildman–Crippen LogP) is 4.10. The van der Waals surface area contributed by atoms with Gasteiger partial charge in [0.2, 0.25) is 0 Å². The number of likely N-dealkylation sites (N-methyl/N-ethyl adjacent to an activating group) is 1. The molecule has 5 rings (SSSR count). The molecule has 2 aromatic rings. The second-order valence-corrected chi connectivity index (χ2v) is 11.5. The molecule has 3 atom stereocenters. The van der Waals surface area contributed by atoms with E-state index in [1.165, 1.54) is 13.2 Å². The van der Waals surface area contributed by atoms with Crippen LogP contribution in [0.1, 0.15) is 44.9 Å². The van der Waals surface area contributed by atoms with Crippen LogP contribution < -0.4 is 10.5 Å². The zero-order chi connectivity index (χ0) is 30.1. The van der Waals surface area contributed by atoms with Crippen LogP contribution in [0, 0.1) is 12.8 Å². The van der Waals surface area contributed by atoms with Gasteiger partial charge in [-0.3, -0.25) is 4.79 Å². The quantitative estimate of drug-likeness (QED) is 0.202. The number of carbonyl (C=O) groups is 3. The highest BCUT2D eigenvalue weighted by molar-refractivity contribution is 9.09. The number of aromatic amines is 1. The average molecular weight is 679 g/mol. The number of halogens is 2. The van der Waals surface area contributed by atoms with Crippen molar-refractivity contribution in [3.05, 3.63) is 64.1 Å². The molecule has 2 unspecified atom stereocenters. The molecule has 0 spiro atoms. The van der Waals surface area contributed by atoms with E-state index < -0.39 is 18.2 Å². The Balaban J connectivity index is 0.00000423. The van der Waals surface area contributed by atoms with E-state index in [1.807, 2.05) is 19.2 Å². The number of nitrogens with one attached hydrogen (secondary N) is 1. The number of nitrogen functional groups attached to an aromatic ring is 1. The molecule has 3 aliphatic rings. The van der Waals surface area contributed by atoms with Crippen molar-refractivity contribution < 1.29 is 28.6 Å². The van der Waals surface area contributed by atoms with E-state index in [4.69, 9.17) is 19.9 Å². The number of hydrogen-bond donors (Lipinski definition) is 2. The normalized spacial score (nSPS) is 21.5. The van der Waals surface area contributed by atoms with Gasteiger partial charge in [-0.25, -0.2) is 9.59 Å². The lowest BCUT2D eigenvalue weighted by molar-refractivity contribution is -0.123. The van der Waals surface area contributed by atoms with Crippen molar-refractivity contribution in [1.82, 2.24) is 19.7 Å². The fourth-order valence-corrected chi connectivity index (χ4v) is 6.56. The third kappa shape index (κ3) is 6.27. The summed E-state index contributed by atoms with van der Waals surface area (Å²) in [5.41, 5.74) is 10.3. The number of rotatable bonds is 6. The molecular formula is C30H37BrClN5O6. The Labute approximate surface area is 265 Å². The largest absolute Gasteiger partial charge is 0.495 e. The molecular weight excluding hydrogens is 642 g/mol. The van der Waals surface area contributed by atoms with Crippen LogP contribution in [0.4, 0.5) is 10.5 Å². The van der Waals surface area contributed by atoms with E-state index in [0.717, 1.165) is 18.7 Å². The minimum Gasteiger partial charge on any atom is -0.495 e. The molecule has 13 heteroatoms. The van der Waals surface area contributed by atoms with Gasteiger partial charge in [0, 0.05) is 67.0 Å². The predicted molar refractivity (Wildman–Crippen MR) is 169 cm³/mol. The Hall–Kier alpha value is -3.48. The maximum atomic E-state index is 13.6. The number of hydrogen-bond acceptors (Lipinski definition) is 8. The molecule has 2 aliphatic heterocycles. The summed E-state index contributed by atoms with van der Waals surface area (Å²) in [5.74, 6) is -0.471. The van der Waals surface area contributed by atoms with Gasteiger partial charge in [-0.1, -0.05) is 22.0 Å². The van der Waals surface area contributed by atoms with Crippen molar-refractivity contribution >= 4 is 58.1 Å². The van der Waals surface area contributed by atoms with Crippen LogP contribution >= 0.6 is 28.3 Å². The zero-order valence-corrected chi connectivity index (χ0v) is 27.0. The molecule has 232 valence electrons. The number of ether oxygens (including phenoxy) is 3. The van der Waals surface area contributed by atoms with Gasteiger partial charge in [-0.15, -0.1) is 12.4 Å². The number of benzene rings is 1. The number of carbonyl (C=O) groups excluding carboxylic acids is 3. The number of allylic oxidation sites excluding steroid dienone is 1. The average Bonchev–Trinajstić information content (AvgIpc) is 3.53. The molecule has 1 aliphatic carbocycles. The molecule has 1 aromatic carbocycles. The molecule has 1 aromatic heterocycles. The van der Waals surface area contributed by atoms with E-state index in [1.54, 1.807) is 42.0 Å². The number of esters is 1. The first-order valence-electron chi connectivity index (χ1n) is 13.8. The topological polar surface area (TPSA) is 130 Å². The lowest BCUT2D eigenvalue weighted by Crippen LogP contribution is -2.47. The van der Waals surface area contributed by atoms with E-state index >= 15 is 0 Å². The fraction of sp³-hybridized carbons (Fsp3) is 0.433. The Bertz CT molecular complexity index is 1450. The molecule has 11 nitrogen and oxygen atoms in total. The maximum Gasteiger partial charge on any atom is 0.410 e. The number of methoxy groups -OCH3 is 2. The van der Waals surface area contributed by atoms with Gasteiger partial charge in [0.15, 0.2) is 6.10 Å². The van der Waals surface area contributed by atoms with Crippen LogP contribution in [-0.4, -0.2) is 97.0 Å². The van der Waals surface area contributed by atoms with E-state index in [9.17, 15) is 14.4 Å². The van der Waals surface area contributed by atoms with Gasteiger partial charge in [0.05, 0.1) is 31.2 Å². The monoisotopic (exact) mass is 677 g/mol. The molecule has 3 N–H and O–H groups in total. The van der Waals surface area contributed by atoms with Gasteiger partial charge in [0.1, 0.15) is 5.75 Å². The van der Waals surface area contributed by atoms with Gasteiger partial charge in [0.25, 0.3) is 5.91 Å². The maximum absolute atomic E-state index is 13.6. The van der Waals surface area contributed by atoms with Crippen molar-refractivity contribution in [1.29, 1.82) is 0 Å². The summed E-state index contributed by atoms with van der Waals surface area (Å²) in [5, 5.41) is 0.591. The molecule has 0 bridgehead atoms. The molecule has 2 fully saturated rings. The Morgan fingerprint density at radius 3 is 2.51 bits per heavy atom. The minimum absolute atomic E-state index is 0. The number of anilines is 1. The van der Waals surface area contributed by atoms with Crippen molar-refractivity contribution in [3.63, 3.8) is 0 Å². The Morgan fingerprint density at radius 1 is 1.16 bits per heavy atom. The van der Waals surface area contributed by atoms with Crippen LogP contribution in [0.25, 0.3) is 6.08 Å². The highest BCUT2D eigenvalue weighted by atomic mass is 79.9. The number of nitrogens with two attached hydrogens (primary N) is 1. The number of nitrogens with zero attached hydrogens (tertiary/aromatic N) is 3. The van der Waals surface area contributed by atoms with E-state index in [2.05, 4.69) is 25.8 Å². The summed E-state index contributed by atoms with van der Waals surface area (Å²) in [6.45, 7) is 4.84. The fourth-order valence-electron chi connectivity index (χ4n) is 5.99. The SMILES string of the molecule is COC(=O)c1c(C)[nH]c2c1C1C(=CC2OC(=O)N2CCN(C)CC2)N(C(=O)/C=C/c2ccc(OC)c(N)c2)C[C@H]1CBr.Cl. The van der Waals surface area contributed by atoms with Crippen LogP contribution in [0.2, 0.25) is 0 Å². The number of aryl methyl sites for hydroxylation is 1. The number of fused-ring (bicyclic) bond motifs is 3. The van der Waals surface area contributed by atoms with Crippen LogP contribution in [0.15, 0.2) is 36.0 Å². The van der Waals surface area contributed by atoms with Gasteiger partial charge in [-0.05, 0) is 49.7 Å². The Morgan fingerprint density at radius 2 is 1.88 bits per heavy atom. The first-order valence-corrected chi connectivity index (χ1v) is 14.9. The highest BCUT2D eigenvalue weighted by Crippen LogP contribution is 2.51. The lowest BCUT2D eigenvalue weighted by atomic mass is 9.80. The molecule has 0 saturated carbocycles. The standard InChI is InChI=1S/C30H36BrN5O6.ClH/c1-17-25(29(38)41-4)27-26-19(15-31)16-36(24(37)8-6-18-5-7-22(40-3)20(32)13-18)21(26)14-23(28(27)33-17)42-30(39)35-11-9-34(2)10-12-35;/h5-8,13-14,19,23,26,33H,9-12,15-16,32H2,1-4H3;1H/b8-6+;/t19-,23?,26?;/m1./s1. The second-order valence-electron chi connectivity index (χ2n) is 10.8. The first-order chi connectivity index (χ1) is 20.2. The number of H-pyrrole nitrogens is 1. The summed E-state index contributed by atoms with van der Waals surface area (Å²) >= 11 is 3.63. The molecule has 2 amide bonds. The van der Waals surface area contributed by atoms with Crippen LogP contribution in [0.3, 0.4) is 0 Å². The second kappa shape index (κ2) is 13.4. The molecule has 2 saturated heterocycles. The third-order valence-corrected chi connectivity index (χ3v) is 9.04. The first kappa shape index (κ1) is 32.4. The number of likely N-dealkylation sites (tertiary alicyclic amines) is 1. The van der Waals surface area contributed by atoms with E-state index in [-0.39, 0.29) is 30.2 Å². The highest BCUT2D eigenvalue weighted by Gasteiger charge is 2.48. The Kier molecular flexibility index (Phi) is 10.1. The smallest absolute Gasteiger partial charge is 0.410 e. The number of amides is 2. The van der Waals surface area contributed by atoms with Crippen molar-refractivity contribution in [2.75, 3.05) is 65.1 Å². The van der Waals surface area contributed by atoms with Gasteiger partial charge < -0.3 is 39.6 Å². The van der Waals surface area contributed by atoms with E-state index in [0.29, 0.717) is 64.6 Å². The molecule has 3 heterocycles. The summed E-state index contributed by atoms with van der Waals surface area (Å²) < 4.78 is 16.4.